The minimum absolute atomic E-state index is 1.06. The molecule has 0 fully saturated rings. The van der Waals surface area contributed by atoms with Gasteiger partial charge in [0.15, 0.2) is 0 Å². The van der Waals surface area contributed by atoms with Gasteiger partial charge < -0.3 is 18.9 Å². The van der Waals surface area contributed by atoms with Crippen LogP contribution in [-0.4, -0.2) is 46.6 Å². The lowest BCUT2D eigenvalue weighted by molar-refractivity contribution is -0.373. The highest BCUT2D eigenvalue weighted by molar-refractivity contribution is 5.75. The Kier molecular flexibility index (Phi) is 4.82. The van der Waals surface area contributed by atoms with E-state index in [2.05, 4.69) is 18.9 Å². The Bertz CT molecular complexity index is 160. The second-order valence-corrected chi connectivity index (χ2v) is 2.10. The molecule has 78 valence electrons. The summed E-state index contributed by atoms with van der Waals surface area (Å²) in [5, 5.41) is 0. The quantitative estimate of drug-likeness (QED) is 0.460. The second kappa shape index (κ2) is 5.11. The fourth-order valence-corrected chi connectivity index (χ4v) is 0.808. The maximum absolute atomic E-state index is 13.3. The van der Waals surface area contributed by atoms with Crippen molar-refractivity contribution < 1.29 is 28.1 Å². The van der Waals surface area contributed by atoms with Crippen LogP contribution in [-0.2, 0) is 23.7 Å². The van der Waals surface area contributed by atoms with Crippen LogP contribution in [0.2, 0.25) is 0 Å². The van der Waals surface area contributed by atoms with Crippen LogP contribution < -0.4 is 0 Å². The summed E-state index contributed by atoms with van der Waals surface area (Å²) in [5.74, 6) is -3.15. The van der Waals surface area contributed by atoms with Gasteiger partial charge >= 0.3 is 11.9 Å². The Labute approximate surface area is 75.7 Å². The number of halogens is 1. The summed E-state index contributed by atoms with van der Waals surface area (Å²) in [7, 11) is 4.52. The van der Waals surface area contributed by atoms with Crippen molar-refractivity contribution in [1.29, 1.82) is 0 Å². The van der Waals surface area contributed by atoms with E-state index in [9.17, 15) is 9.18 Å². The van der Waals surface area contributed by atoms with Gasteiger partial charge in [-0.3, -0.25) is 0 Å². The molecule has 0 aromatic rings. The van der Waals surface area contributed by atoms with E-state index in [-0.39, 0.29) is 0 Å². The lowest BCUT2D eigenvalue weighted by Crippen LogP contribution is -2.49. The largest absolute Gasteiger partial charge is 0.467 e. The molecule has 0 amide bonds. The van der Waals surface area contributed by atoms with E-state index in [0.717, 1.165) is 28.4 Å². The molecule has 0 aromatic carbocycles. The Morgan fingerprint density at radius 1 is 1.15 bits per heavy atom. The summed E-state index contributed by atoms with van der Waals surface area (Å²) in [6.45, 7) is 0. The van der Waals surface area contributed by atoms with Crippen LogP contribution in [0.5, 0.6) is 0 Å². The molecule has 0 rings (SSSR count). The number of hydrogen-bond donors (Lipinski definition) is 0. The molecule has 0 bridgehead atoms. The Morgan fingerprint density at radius 2 is 1.54 bits per heavy atom. The summed E-state index contributed by atoms with van der Waals surface area (Å²) >= 11 is 0. The summed E-state index contributed by atoms with van der Waals surface area (Å²) in [5.41, 5.74) is 0. The van der Waals surface area contributed by atoms with E-state index >= 15 is 0 Å². The van der Waals surface area contributed by atoms with Gasteiger partial charge in [0.25, 0.3) is 6.17 Å². The van der Waals surface area contributed by atoms with E-state index in [4.69, 9.17) is 0 Å². The van der Waals surface area contributed by atoms with Crippen LogP contribution in [0.15, 0.2) is 0 Å². The van der Waals surface area contributed by atoms with Gasteiger partial charge in [-0.15, -0.1) is 0 Å². The van der Waals surface area contributed by atoms with E-state index < -0.39 is 18.1 Å². The highest BCUT2D eigenvalue weighted by Crippen LogP contribution is 2.21. The van der Waals surface area contributed by atoms with Crippen molar-refractivity contribution in [2.75, 3.05) is 28.4 Å². The number of esters is 1. The zero-order valence-electron chi connectivity index (χ0n) is 8.00. The van der Waals surface area contributed by atoms with E-state index in [1.54, 1.807) is 0 Å². The van der Waals surface area contributed by atoms with Crippen molar-refractivity contribution in [3.63, 3.8) is 0 Å². The summed E-state index contributed by atoms with van der Waals surface area (Å²) < 4.78 is 31.2. The molecule has 13 heavy (non-hydrogen) atoms. The van der Waals surface area contributed by atoms with Gasteiger partial charge in [-0.2, -0.15) is 0 Å². The van der Waals surface area contributed by atoms with Crippen LogP contribution in [0.4, 0.5) is 4.39 Å². The predicted molar refractivity (Wildman–Crippen MR) is 40.7 cm³/mol. The highest BCUT2D eigenvalue weighted by Gasteiger charge is 2.46. The van der Waals surface area contributed by atoms with Gasteiger partial charge in [-0.05, 0) is 0 Å². The Balaban J connectivity index is 4.62. The van der Waals surface area contributed by atoms with Crippen molar-refractivity contribution in [1.82, 2.24) is 0 Å². The van der Waals surface area contributed by atoms with Gasteiger partial charge in [0, 0.05) is 21.3 Å². The molecule has 0 saturated heterocycles. The van der Waals surface area contributed by atoms with Crippen molar-refractivity contribution >= 4 is 5.97 Å². The summed E-state index contributed by atoms with van der Waals surface area (Å²) in [6, 6.07) is 0. The average molecular weight is 196 g/mol. The number of methoxy groups -OCH3 is 4. The van der Waals surface area contributed by atoms with Gasteiger partial charge in [0.2, 0.25) is 0 Å². The second-order valence-electron chi connectivity index (χ2n) is 2.10. The molecule has 0 spiro atoms. The van der Waals surface area contributed by atoms with Crippen molar-refractivity contribution in [2.24, 2.45) is 0 Å². The molecule has 0 unspecified atom stereocenters. The third-order valence-corrected chi connectivity index (χ3v) is 1.57. The molecular formula is C7H13FO5. The first-order valence-corrected chi connectivity index (χ1v) is 3.45. The third kappa shape index (κ3) is 2.36. The molecular weight excluding hydrogens is 183 g/mol. The van der Waals surface area contributed by atoms with E-state index in [0.29, 0.717) is 0 Å². The van der Waals surface area contributed by atoms with Crippen molar-refractivity contribution in [3.05, 3.63) is 0 Å². The van der Waals surface area contributed by atoms with E-state index in [1.165, 1.54) is 0 Å². The fraction of sp³-hybridized carbons (Fsp3) is 0.857. The molecule has 0 N–H and O–H groups in total. The summed E-state index contributed by atoms with van der Waals surface area (Å²) in [4.78, 5) is 10.8. The maximum atomic E-state index is 13.3. The first-order chi connectivity index (χ1) is 6.07. The number of alkyl halides is 1. The minimum atomic E-state index is -2.16. The molecule has 0 aliphatic carbocycles. The fourth-order valence-electron chi connectivity index (χ4n) is 0.808. The molecule has 6 heteroatoms. The topological polar surface area (TPSA) is 54.0 Å². The normalized spacial score (nSPS) is 13.9. The third-order valence-electron chi connectivity index (χ3n) is 1.57. The van der Waals surface area contributed by atoms with Crippen LogP contribution >= 0.6 is 0 Å². The maximum Gasteiger partial charge on any atom is 0.349 e. The van der Waals surface area contributed by atoms with Crippen LogP contribution in [0.3, 0.4) is 0 Å². The molecule has 0 radical (unpaired) electrons. The molecule has 0 aliphatic rings. The van der Waals surface area contributed by atoms with Crippen molar-refractivity contribution in [3.8, 4) is 0 Å². The number of hydrogen-bond acceptors (Lipinski definition) is 5. The zero-order valence-corrected chi connectivity index (χ0v) is 8.00. The molecule has 0 aliphatic heterocycles. The monoisotopic (exact) mass is 196 g/mol. The predicted octanol–water partition coefficient (Wildman–Crippen LogP) is 0.0905. The first kappa shape index (κ1) is 12.3. The average Bonchev–Trinajstić information content (AvgIpc) is 2.20. The molecule has 0 aromatic heterocycles. The van der Waals surface area contributed by atoms with Gasteiger partial charge in [0.1, 0.15) is 0 Å². The zero-order chi connectivity index (χ0) is 10.5. The van der Waals surface area contributed by atoms with E-state index in [1.807, 2.05) is 0 Å². The summed E-state index contributed by atoms with van der Waals surface area (Å²) in [6.07, 6.45) is -2.16. The number of ether oxygens (including phenoxy) is 4. The van der Waals surface area contributed by atoms with Gasteiger partial charge in [-0.1, -0.05) is 0 Å². The van der Waals surface area contributed by atoms with Crippen LogP contribution in [0, 0.1) is 0 Å². The van der Waals surface area contributed by atoms with Crippen LogP contribution in [0.1, 0.15) is 0 Å². The number of carbonyl (C=O) groups excluding carboxylic acids is 1. The van der Waals surface area contributed by atoms with Crippen molar-refractivity contribution in [2.45, 2.75) is 12.1 Å². The lowest BCUT2D eigenvalue weighted by atomic mass is 10.3. The Morgan fingerprint density at radius 3 is 1.77 bits per heavy atom. The number of carbonyl (C=O) groups is 1. The van der Waals surface area contributed by atoms with Crippen LogP contribution in [0.25, 0.3) is 0 Å². The first-order valence-electron chi connectivity index (χ1n) is 3.45. The molecule has 0 saturated carbocycles. The number of rotatable bonds is 5. The van der Waals surface area contributed by atoms with Gasteiger partial charge in [-0.25, -0.2) is 9.18 Å². The smallest absolute Gasteiger partial charge is 0.349 e. The molecule has 1 atom stereocenters. The molecule has 5 nitrogen and oxygen atoms in total. The Hall–Kier alpha value is -0.720. The lowest BCUT2D eigenvalue weighted by Gasteiger charge is -2.29. The molecule has 0 heterocycles. The van der Waals surface area contributed by atoms with Gasteiger partial charge in [0.05, 0.1) is 7.11 Å². The SMILES string of the molecule is COC(=O)[C@H](F)C(OC)(OC)OC. The highest BCUT2D eigenvalue weighted by atomic mass is 19.1. The minimum Gasteiger partial charge on any atom is -0.467 e. The standard InChI is InChI=1S/C7H13FO5/c1-10-6(9)5(8)7(11-2,12-3)13-4/h5H,1-4H3/t5-/m0/s1.